The fourth-order valence-corrected chi connectivity index (χ4v) is 5.11. The van der Waals surface area contributed by atoms with Crippen LogP contribution in [-0.2, 0) is 19.1 Å². The summed E-state index contributed by atoms with van der Waals surface area (Å²) in [6.07, 6.45) is 0. The zero-order valence-corrected chi connectivity index (χ0v) is 19.3. The first kappa shape index (κ1) is 22.7. The van der Waals surface area contributed by atoms with E-state index in [1.165, 1.54) is 18.7 Å². The van der Waals surface area contributed by atoms with Crippen LogP contribution in [0.25, 0.3) is 0 Å². The molecule has 2 aliphatic rings. The number of rotatable bonds is 7. The van der Waals surface area contributed by atoms with Crippen molar-refractivity contribution in [3.05, 3.63) is 47.4 Å². The number of benzene rings is 1. The Kier molecular flexibility index (Phi) is 6.60. The van der Waals surface area contributed by atoms with Crippen LogP contribution in [0.15, 0.2) is 46.8 Å². The zero-order valence-electron chi connectivity index (χ0n) is 17.7. The van der Waals surface area contributed by atoms with Gasteiger partial charge in [0.1, 0.15) is 18.0 Å². The second-order valence-corrected chi connectivity index (χ2v) is 9.02. The number of thioether (sulfide) groups is 1. The Morgan fingerprint density at radius 3 is 2.76 bits per heavy atom. The number of ether oxygens (including phenoxy) is 1. The summed E-state index contributed by atoms with van der Waals surface area (Å²) in [5.74, 6) is -0.320. The summed E-state index contributed by atoms with van der Waals surface area (Å²) >= 11 is 2.39. The lowest BCUT2D eigenvalue weighted by atomic mass is 10.0. The van der Waals surface area contributed by atoms with E-state index in [1.807, 2.05) is 6.07 Å². The number of nitrogens with two attached hydrogens (primary N) is 1. The largest absolute Gasteiger partial charge is 0.461 e. The van der Waals surface area contributed by atoms with Crippen LogP contribution in [-0.4, -0.2) is 61.5 Å². The van der Waals surface area contributed by atoms with Crippen LogP contribution in [0, 0.1) is 0 Å². The average molecular weight is 489 g/mol. The second kappa shape index (κ2) is 9.58. The fourth-order valence-electron chi connectivity index (χ4n) is 3.22. The first-order valence-corrected chi connectivity index (χ1v) is 11.6. The molecule has 1 aromatic carbocycles. The molecule has 0 aliphatic carbocycles. The molecule has 172 valence electrons. The monoisotopic (exact) mass is 488 g/mol. The van der Waals surface area contributed by atoms with Gasteiger partial charge in [-0.2, -0.15) is 9.36 Å². The van der Waals surface area contributed by atoms with Crippen molar-refractivity contribution in [2.24, 2.45) is 5.16 Å². The van der Waals surface area contributed by atoms with Gasteiger partial charge in [0.05, 0.1) is 0 Å². The number of oxime groups is 1. The van der Waals surface area contributed by atoms with Gasteiger partial charge in [0.25, 0.3) is 11.8 Å². The number of anilines is 1. The van der Waals surface area contributed by atoms with Crippen LogP contribution in [0.2, 0.25) is 0 Å². The molecule has 3 N–H and O–H groups in total. The van der Waals surface area contributed by atoms with Crippen LogP contribution in [0.5, 0.6) is 5.75 Å². The van der Waals surface area contributed by atoms with E-state index in [2.05, 4.69) is 19.8 Å². The third kappa shape index (κ3) is 4.83. The summed E-state index contributed by atoms with van der Waals surface area (Å²) < 4.78 is 9.10. The molecule has 1 saturated heterocycles. The third-order valence-electron chi connectivity index (χ3n) is 4.93. The Labute approximate surface area is 197 Å². The molecular weight excluding hydrogens is 468 g/mol. The molecule has 0 saturated carbocycles. The first-order valence-electron chi connectivity index (χ1n) is 9.82. The number of amides is 2. The lowest BCUT2D eigenvalue weighted by Gasteiger charge is -2.50. The smallest absolute Gasteiger partial charge is 0.302 e. The number of nitrogen functional groups attached to an aromatic ring is 1. The molecule has 4 rings (SSSR count). The molecule has 2 aliphatic heterocycles. The first-order chi connectivity index (χ1) is 15.8. The van der Waals surface area contributed by atoms with Crippen LogP contribution in [0.1, 0.15) is 19.7 Å². The maximum Gasteiger partial charge on any atom is 0.302 e. The Hall–Kier alpha value is -3.45. The van der Waals surface area contributed by atoms with Crippen molar-refractivity contribution in [3.8, 4) is 5.75 Å². The molecule has 2 aromatic rings. The number of para-hydroxylation sites is 1. The number of fused-ring (bicyclic) bond motifs is 1. The molecule has 0 radical (unpaired) electrons. The molecule has 1 aromatic heterocycles. The van der Waals surface area contributed by atoms with Gasteiger partial charge >= 0.3 is 5.97 Å². The maximum atomic E-state index is 13.0. The van der Waals surface area contributed by atoms with Gasteiger partial charge in [-0.3, -0.25) is 19.3 Å². The van der Waals surface area contributed by atoms with E-state index in [9.17, 15) is 14.4 Å². The number of hydrogen-bond acceptors (Lipinski definition) is 11. The number of carbonyl (C=O) groups excluding carboxylic acids is 3. The third-order valence-corrected chi connectivity index (χ3v) is 6.82. The molecule has 0 spiro atoms. The molecule has 11 nitrogen and oxygen atoms in total. The van der Waals surface area contributed by atoms with E-state index in [4.69, 9.17) is 15.3 Å². The maximum absolute atomic E-state index is 13.0. The number of nitrogens with one attached hydrogen (secondary N) is 1. The number of esters is 1. The number of allylic oxidation sites excluding steroid dienone is 1. The summed E-state index contributed by atoms with van der Waals surface area (Å²) in [4.78, 5) is 47.9. The molecule has 3 heterocycles. The minimum absolute atomic E-state index is 0.00519. The van der Waals surface area contributed by atoms with Crippen molar-refractivity contribution in [3.63, 3.8) is 0 Å². The average Bonchev–Trinajstić information content (AvgIpc) is 3.22. The Bertz CT molecular complexity index is 1150. The van der Waals surface area contributed by atoms with Gasteiger partial charge in [-0.05, 0) is 24.6 Å². The molecule has 0 bridgehead atoms. The standard InChI is InChI=1S/C20H20N6O5S2/c1-10-12(8-30-11(2)27)9-32-19-15(18(29)26(10)19)22-17(28)14(16-23-20(21)33-25-16)24-31-13-6-4-3-5-7-13/h3-7,15,19H,8-9H2,1-2H3,(H,22,28)(H2,21,23,25)/t15-,19-/m1/s1. The van der Waals surface area contributed by atoms with Crippen molar-refractivity contribution in [2.45, 2.75) is 25.3 Å². The highest BCUT2D eigenvalue weighted by atomic mass is 32.2. The van der Waals surface area contributed by atoms with E-state index in [-0.39, 0.29) is 40.5 Å². The van der Waals surface area contributed by atoms with Crippen LogP contribution in [0.3, 0.4) is 0 Å². The molecule has 1 fully saturated rings. The molecule has 33 heavy (non-hydrogen) atoms. The number of hydrogen-bond donors (Lipinski definition) is 2. The van der Waals surface area contributed by atoms with Gasteiger partial charge in [0.15, 0.2) is 10.9 Å². The van der Waals surface area contributed by atoms with Crippen molar-refractivity contribution in [1.82, 2.24) is 19.6 Å². The van der Waals surface area contributed by atoms with Crippen molar-refractivity contribution in [1.29, 1.82) is 0 Å². The minimum atomic E-state index is -0.759. The normalized spacial score (nSPS) is 20.1. The Morgan fingerprint density at radius 1 is 1.33 bits per heavy atom. The van der Waals surface area contributed by atoms with Gasteiger partial charge in [0.2, 0.25) is 11.5 Å². The van der Waals surface area contributed by atoms with E-state index >= 15 is 0 Å². The van der Waals surface area contributed by atoms with E-state index in [1.54, 1.807) is 36.1 Å². The highest BCUT2D eigenvalue weighted by Crippen LogP contribution is 2.40. The SMILES string of the molecule is CC(=O)OCC1=C(C)N2C(=O)[C@@H](NC(=O)C(=NOc3ccccc3)c3nsc(N)n3)[C@H]2SC1. The Balaban J connectivity index is 1.49. The van der Waals surface area contributed by atoms with Gasteiger partial charge in [-0.15, -0.1) is 11.8 Å². The van der Waals surface area contributed by atoms with Gasteiger partial charge < -0.3 is 20.6 Å². The predicted octanol–water partition coefficient (Wildman–Crippen LogP) is 1.14. The van der Waals surface area contributed by atoms with E-state index in [0.29, 0.717) is 11.5 Å². The summed E-state index contributed by atoms with van der Waals surface area (Å²) in [6, 6.07) is 7.93. The van der Waals surface area contributed by atoms with Crippen molar-refractivity contribution in [2.75, 3.05) is 18.1 Å². The summed E-state index contributed by atoms with van der Waals surface area (Å²) in [5, 5.41) is 6.52. The quantitative estimate of drug-likeness (QED) is 0.253. The summed E-state index contributed by atoms with van der Waals surface area (Å²) in [6.45, 7) is 3.26. The molecule has 0 unspecified atom stereocenters. The molecule has 2 amide bonds. The summed E-state index contributed by atoms with van der Waals surface area (Å²) in [7, 11) is 0. The van der Waals surface area contributed by atoms with Crippen molar-refractivity contribution >= 4 is 51.9 Å². The van der Waals surface area contributed by atoms with Crippen molar-refractivity contribution < 1.29 is 24.0 Å². The summed E-state index contributed by atoms with van der Waals surface area (Å²) in [5.41, 5.74) is 7.05. The lowest BCUT2D eigenvalue weighted by Crippen LogP contribution is -2.70. The number of carbonyl (C=O) groups is 3. The van der Waals surface area contributed by atoms with E-state index < -0.39 is 11.9 Å². The van der Waals surface area contributed by atoms with Crippen LogP contribution >= 0.6 is 23.3 Å². The number of aromatic nitrogens is 2. The van der Waals surface area contributed by atoms with E-state index in [0.717, 1.165) is 22.8 Å². The topological polar surface area (TPSA) is 149 Å². The zero-order chi connectivity index (χ0) is 23.5. The highest BCUT2D eigenvalue weighted by Gasteiger charge is 2.52. The predicted molar refractivity (Wildman–Crippen MR) is 122 cm³/mol. The molecular formula is C20H20N6O5S2. The Morgan fingerprint density at radius 2 is 2.09 bits per heavy atom. The van der Waals surface area contributed by atoms with Gasteiger partial charge in [-0.1, -0.05) is 23.4 Å². The highest BCUT2D eigenvalue weighted by molar-refractivity contribution is 8.00. The van der Waals surface area contributed by atoms with Crippen LogP contribution in [0.4, 0.5) is 5.13 Å². The van der Waals surface area contributed by atoms with Crippen LogP contribution < -0.4 is 15.9 Å². The second-order valence-electron chi connectivity index (χ2n) is 7.13. The number of β-lactam (4-membered cyclic amide) rings is 1. The number of nitrogens with zero attached hydrogens (tertiary/aromatic N) is 4. The molecule has 13 heteroatoms. The molecule has 2 atom stereocenters. The lowest BCUT2D eigenvalue weighted by molar-refractivity contribution is -0.145. The minimum Gasteiger partial charge on any atom is -0.461 e. The fraction of sp³-hybridized carbons (Fsp3) is 0.300. The van der Waals surface area contributed by atoms with Gasteiger partial charge in [-0.25, -0.2) is 0 Å². The van der Waals surface area contributed by atoms with Gasteiger partial charge in [0, 0.05) is 29.9 Å².